The molecule has 1 aliphatic carbocycles. The van der Waals surface area contributed by atoms with Crippen LogP contribution < -0.4 is 10.2 Å². The molecular formula is C39H39ClN2. The van der Waals surface area contributed by atoms with Crippen molar-refractivity contribution in [2.45, 2.75) is 63.8 Å². The van der Waals surface area contributed by atoms with Gasteiger partial charge in [0.15, 0.2) is 0 Å². The monoisotopic (exact) mass is 570 g/mol. The van der Waals surface area contributed by atoms with Crippen LogP contribution in [0.3, 0.4) is 0 Å². The minimum atomic E-state index is -0.103. The van der Waals surface area contributed by atoms with Gasteiger partial charge in [-0.25, -0.2) is 0 Å². The Morgan fingerprint density at radius 1 is 0.810 bits per heavy atom. The molecule has 0 amide bonds. The Hall–Kier alpha value is -3.75. The average Bonchev–Trinajstić information content (AvgIpc) is 3.36. The number of hydrogen-bond donors (Lipinski definition) is 1. The highest BCUT2D eigenvalue weighted by molar-refractivity contribution is 6.32. The number of nitrogens with one attached hydrogen (secondary N) is 1. The van der Waals surface area contributed by atoms with Crippen LogP contribution in [-0.2, 0) is 10.8 Å². The zero-order valence-electron chi connectivity index (χ0n) is 25.3. The van der Waals surface area contributed by atoms with Gasteiger partial charge in [0.05, 0.1) is 6.04 Å². The van der Waals surface area contributed by atoms with Gasteiger partial charge < -0.3 is 10.2 Å². The summed E-state index contributed by atoms with van der Waals surface area (Å²) in [7, 11) is 2.19. The van der Waals surface area contributed by atoms with E-state index in [1.807, 2.05) is 0 Å². The molecule has 2 heterocycles. The van der Waals surface area contributed by atoms with E-state index in [-0.39, 0.29) is 16.9 Å². The van der Waals surface area contributed by atoms with Gasteiger partial charge in [-0.1, -0.05) is 118 Å². The molecule has 2 nitrogen and oxygen atoms in total. The summed E-state index contributed by atoms with van der Waals surface area (Å²) in [6.07, 6.45) is 12.3. The molecule has 42 heavy (non-hydrogen) atoms. The van der Waals surface area contributed by atoms with Crippen LogP contribution in [0.5, 0.6) is 0 Å². The third-order valence-corrected chi connectivity index (χ3v) is 10.4. The van der Waals surface area contributed by atoms with Gasteiger partial charge in [0.2, 0.25) is 0 Å². The second kappa shape index (κ2) is 9.92. The van der Waals surface area contributed by atoms with Gasteiger partial charge in [-0.3, -0.25) is 0 Å². The normalized spacial score (nSPS) is 22.9. The number of allylic oxidation sites excluding steroid dienone is 7. The number of hydrogen-bond acceptors (Lipinski definition) is 2. The predicted molar refractivity (Wildman–Crippen MR) is 182 cm³/mol. The lowest BCUT2D eigenvalue weighted by molar-refractivity contribution is 0.521. The molecule has 0 spiro atoms. The van der Waals surface area contributed by atoms with Gasteiger partial charge in [0.25, 0.3) is 0 Å². The zero-order chi connectivity index (χ0) is 29.2. The van der Waals surface area contributed by atoms with Crippen molar-refractivity contribution in [2.75, 3.05) is 17.3 Å². The van der Waals surface area contributed by atoms with Gasteiger partial charge in [0.1, 0.15) is 0 Å². The summed E-state index contributed by atoms with van der Waals surface area (Å²) in [6.45, 7) is 9.39. The minimum absolute atomic E-state index is 0.0324. The van der Waals surface area contributed by atoms with Crippen LogP contribution in [0.1, 0.15) is 58.1 Å². The number of halogens is 1. The Morgan fingerprint density at radius 2 is 1.48 bits per heavy atom. The summed E-state index contributed by atoms with van der Waals surface area (Å²) >= 11 is 7.13. The molecule has 0 bridgehead atoms. The van der Waals surface area contributed by atoms with Gasteiger partial charge in [0, 0.05) is 40.0 Å². The molecule has 212 valence electrons. The summed E-state index contributed by atoms with van der Waals surface area (Å²) in [4.78, 5) is 2.36. The van der Waals surface area contributed by atoms with Crippen LogP contribution in [0, 0.1) is 0 Å². The van der Waals surface area contributed by atoms with Crippen molar-refractivity contribution in [3.63, 3.8) is 0 Å². The standard InChI is InChI=1S/C39H39ClN2/c1-38(2)33(41-31-21-17-25-11-6-8-15-29(25)35(31)38)23-19-27-13-10-14-28(37(27)40)20-24-34-39(3,4)36-30-16-9-7-12-26(30)18-22-32(36)42(34)5/h6-9,11-12,15-24,33,41H,10,13-14H2,1-5H3/b23-19+,28-20+,34-24-. The van der Waals surface area contributed by atoms with E-state index in [0.717, 1.165) is 24.3 Å². The van der Waals surface area contributed by atoms with Crippen molar-refractivity contribution in [2.24, 2.45) is 0 Å². The van der Waals surface area contributed by atoms with Crippen LogP contribution in [0.25, 0.3) is 21.5 Å². The van der Waals surface area contributed by atoms with E-state index >= 15 is 0 Å². The van der Waals surface area contributed by atoms with Crippen LogP contribution in [0.2, 0.25) is 0 Å². The Balaban J connectivity index is 1.19. The summed E-state index contributed by atoms with van der Waals surface area (Å²) in [5.74, 6) is 0. The second-order valence-corrected chi connectivity index (χ2v) is 13.6. The van der Waals surface area contributed by atoms with E-state index in [0.29, 0.717) is 0 Å². The van der Waals surface area contributed by atoms with Crippen LogP contribution in [0.4, 0.5) is 11.4 Å². The molecule has 4 aromatic rings. The van der Waals surface area contributed by atoms with E-state index in [1.54, 1.807) is 0 Å². The van der Waals surface area contributed by atoms with E-state index in [4.69, 9.17) is 11.6 Å². The smallest absolute Gasteiger partial charge is 0.0540 e. The maximum atomic E-state index is 7.13. The molecule has 3 heteroatoms. The highest BCUT2D eigenvalue weighted by atomic mass is 35.5. The van der Waals surface area contributed by atoms with Crippen LogP contribution >= 0.6 is 11.6 Å². The largest absolute Gasteiger partial charge is 0.378 e. The van der Waals surface area contributed by atoms with Crippen molar-refractivity contribution in [3.05, 3.63) is 130 Å². The molecule has 1 atom stereocenters. The van der Waals surface area contributed by atoms with Crippen LogP contribution in [-0.4, -0.2) is 13.1 Å². The first kappa shape index (κ1) is 27.1. The molecule has 4 aromatic carbocycles. The first-order valence-corrected chi connectivity index (χ1v) is 15.6. The minimum Gasteiger partial charge on any atom is -0.378 e. The number of fused-ring (bicyclic) bond motifs is 6. The highest BCUT2D eigenvalue weighted by Gasteiger charge is 2.40. The number of nitrogens with zero attached hydrogens (tertiary/aromatic N) is 1. The molecule has 3 aliphatic rings. The molecule has 1 unspecified atom stereocenters. The Kier molecular flexibility index (Phi) is 6.40. The molecule has 0 radical (unpaired) electrons. The SMILES string of the molecule is CN1/C(=C\C=C2/CCCC(/C=C/C3Nc4ccc5ccccc5c4C3(C)C)=C2Cl)C(C)(C)c2c1ccc1ccccc21. The lowest BCUT2D eigenvalue weighted by atomic mass is 9.78. The Bertz CT molecular complexity index is 1870. The van der Waals surface area contributed by atoms with E-state index in [1.165, 1.54) is 60.9 Å². The topological polar surface area (TPSA) is 15.3 Å². The fourth-order valence-corrected chi connectivity index (χ4v) is 7.99. The third kappa shape index (κ3) is 4.14. The summed E-state index contributed by atoms with van der Waals surface area (Å²) < 4.78 is 0. The van der Waals surface area contributed by atoms with Crippen molar-refractivity contribution < 1.29 is 0 Å². The predicted octanol–water partition coefficient (Wildman–Crippen LogP) is 10.5. The van der Waals surface area contributed by atoms with Crippen molar-refractivity contribution in [3.8, 4) is 0 Å². The molecule has 0 saturated carbocycles. The van der Waals surface area contributed by atoms with Gasteiger partial charge in [-0.15, -0.1) is 0 Å². The number of benzene rings is 4. The lowest BCUT2D eigenvalue weighted by Gasteiger charge is -2.26. The molecule has 2 aliphatic heterocycles. The Morgan fingerprint density at radius 3 is 2.21 bits per heavy atom. The number of anilines is 2. The van der Waals surface area contributed by atoms with E-state index in [9.17, 15) is 0 Å². The van der Waals surface area contributed by atoms with Crippen LogP contribution in [0.15, 0.2) is 119 Å². The summed E-state index contributed by atoms with van der Waals surface area (Å²) in [5, 5.41) is 9.98. The fourth-order valence-electron chi connectivity index (χ4n) is 7.67. The van der Waals surface area contributed by atoms with Gasteiger partial charge >= 0.3 is 0 Å². The van der Waals surface area contributed by atoms with E-state index in [2.05, 4.69) is 142 Å². The van der Waals surface area contributed by atoms with Crippen molar-refractivity contribution in [1.82, 2.24) is 0 Å². The average molecular weight is 571 g/mol. The van der Waals surface area contributed by atoms with Crippen molar-refractivity contribution in [1.29, 1.82) is 0 Å². The quantitative estimate of drug-likeness (QED) is 0.263. The molecular weight excluding hydrogens is 532 g/mol. The number of rotatable bonds is 3. The van der Waals surface area contributed by atoms with Gasteiger partial charge in [-0.05, 0) is 81.3 Å². The maximum Gasteiger partial charge on any atom is 0.0540 e. The first-order valence-electron chi connectivity index (χ1n) is 15.2. The maximum absolute atomic E-state index is 7.13. The first-order chi connectivity index (χ1) is 20.2. The lowest BCUT2D eigenvalue weighted by Crippen LogP contribution is -2.31. The molecule has 7 rings (SSSR count). The highest BCUT2D eigenvalue weighted by Crippen LogP contribution is 2.50. The summed E-state index contributed by atoms with van der Waals surface area (Å²) in [6, 6.07) is 26.6. The molecule has 0 saturated heterocycles. The molecule has 0 fully saturated rings. The van der Waals surface area contributed by atoms with Crippen molar-refractivity contribution >= 4 is 44.5 Å². The van der Waals surface area contributed by atoms with Gasteiger partial charge in [-0.2, -0.15) is 0 Å². The number of likely N-dealkylation sites (N-methyl/N-ethyl adjacent to an activating group) is 1. The summed E-state index contributed by atoms with van der Waals surface area (Å²) in [5.41, 5.74) is 8.97. The third-order valence-electron chi connectivity index (χ3n) is 9.95. The zero-order valence-corrected chi connectivity index (χ0v) is 26.0. The Labute approximate surface area is 255 Å². The van der Waals surface area contributed by atoms with E-state index < -0.39 is 0 Å². The molecule has 1 N–H and O–H groups in total. The fraction of sp³-hybridized carbons (Fsp3) is 0.282. The second-order valence-electron chi connectivity index (χ2n) is 13.2. The molecule has 0 aromatic heterocycles.